The van der Waals surface area contributed by atoms with Crippen LogP contribution in [0, 0.1) is 0 Å². The molecule has 1 aliphatic carbocycles. The molecular formula is C9H14ClFO3. The Hall–Kier alpha value is -0.510. The van der Waals surface area contributed by atoms with E-state index >= 15 is 0 Å². The first-order valence-electron chi connectivity index (χ1n) is 4.75. The van der Waals surface area contributed by atoms with Crippen LogP contribution in [0.1, 0.15) is 32.6 Å². The van der Waals surface area contributed by atoms with E-state index in [0.717, 1.165) is 12.8 Å². The first-order valence-corrected chi connectivity index (χ1v) is 5.18. The lowest BCUT2D eigenvalue weighted by molar-refractivity contribution is -0.0244. The zero-order valence-corrected chi connectivity index (χ0v) is 8.80. The molecule has 3 nitrogen and oxygen atoms in total. The largest absolute Gasteiger partial charge is 0.510 e. The van der Waals surface area contributed by atoms with Crippen LogP contribution >= 0.6 is 11.6 Å². The fourth-order valence-electron chi connectivity index (χ4n) is 1.47. The van der Waals surface area contributed by atoms with Crippen LogP contribution in [0.5, 0.6) is 0 Å². The second-order valence-corrected chi connectivity index (χ2v) is 3.98. The third kappa shape index (κ3) is 3.70. The number of rotatable bonds is 2. The second-order valence-electron chi connectivity index (χ2n) is 3.37. The highest BCUT2D eigenvalue weighted by atomic mass is 35.5. The molecule has 0 spiro atoms. The van der Waals surface area contributed by atoms with Crippen molar-refractivity contribution in [1.82, 2.24) is 0 Å². The van der Waals surface area contributed by atoms with E-state index in [-0.39, 0.29) is 0 Å². The lowest BCUT2D eigenvalue weighted by atomic mass is 9.96. The fraction of sp³-hybridized carbons (Fsp3) is 0.889. The van der Waals surface area contributed by atoms with Crippen LogP contribution < -0.4 is 0 Å². The molecule has 0 radical (unpaired) electrons. The van der Waals surface area contributed by atoms with E-state index < -0.39 is 24.0 Å². The van der Waals surface area contributed by atoms with Gasteiger partial charge in [0.2, 0.25) is 0 Å². The van der Waals surface area contributed by atoms with Crippen molar-refractivity contribution >= 4 is 17.8 Å². The molecule has 0 N–H and O–H groups in total. The lowest BCUT2D eigenvalue weighted by Gasteiger charge is -2.25. The highest BCUT2D eigenvalue weighted by molar-refractivity contribution is 6.19. The molecule has 0 aromatic heterocycles. The van der Waals surface area contributed by atoms with E-state index in [1.165, 1.54) is 6.92 Å². The zero-order valence-electron chi connectivity index (χ0n) is 8.04. The van der Waals surface area contributed by atoms with Gasteiger partial charge in [0.25, 0.3) is 0 Å². The number of halogens is 2. The van der Waals surface area contributed by atoms with E-state index in [9.17, 15) is 9.18 Å². The first kappa shape index (κ1) is 11.6. The molecule has 0 aliphatic heterocycles. The highest BCUT2D eigenvalue weighted by Gasteiger charge is 2.28. The van der Waals surface area contributed by atoms with E-state index in [1.54, 1.807) is 0 Å². The van der Waals surface area contributed by atoms with E-state index in [0.29, 0.717) is 12.8 Å². The van der Waals surface area contributed by atoms with Crippen LogP contribution in [-0.4, -0.2) is 24.0 Å². The van der Waals surface area contributed by atoms with Gasteiger partial charge < -0.3 is 9.47 Å². The maximum atomic E-state index is 13.2. The predicted molar refractivity (Wildman–Crippen MR) is 50.0 cm³/mol. The molecule has 0 heterocycles. The van der Waals surface area contributed by atoms with Gasteiger partial charge in [0.05, 0.1) is 0 Å². The number of carbonyl (C=O) groups excluding carboxylic acids is 1. The van der Waals surface area contributed by atoms with Crippen LogP contribution in [0.3, 0.4) is 0 Å². The van der Waals surface area contributed by atoms with E-state index in [4.69, 9.17) is 16.3 Å². The van der Waals surface area contributed by atoms with Crippen molar-refractivity contribution in [2.75, 3.05) is 0 Å². The normalized spacial score (nSPS) is 29.4. The van der Waals surface area contributed by atoms with Gasteiger partial charge in [-0.25, -0.2) is 9.18 Å². The van der Waals surface area contributed by atoms with Crippen molar-refractivity contribution in [3.8, 4) is 0 Å². The van der Waals surface area contributed by atoms with Gasteiger partial charge in [0, 0.05) is 0 Å². The van der Waals surface area contributed by atoms with Gasteiger partial charge in [0.15, 0.2) is 5.56 Å². The van der Waals surface area contributed by atoms with Gasteiger partial charge in [-0.15, -0.1) is 0 Å². The zero-order chi connectivity index (χ0) is 10.6. The summed E-state index contributed by atoms with van der Waals surface area (Å²) in [7, 11) is 0. The average Bonchev–Trinajstić information content (AvgIpc) is 2.07. The monoisotopic (exact) mass is 224 g/mol. The molecule has 5 heteroatoms. The van der Waals surface area contributed by atoms with Crippen LogP contribution in [0.25, 0.3) is 0 Å². The molecule has 1 fully saturated rings. The molecule has 1 rings (SSSR count). The molecule has 3 unspecified atom stereocenters. The summed E-state index contributed by atoms with van der Waals surface area (Å²) in [5.41, 5.74) is -0.746. The Bertz CT molecular complexity index is 198. The van der Waals surface area contributed by atoms with Crippen molar-refractivity contribution in [2.24, 2.45) is 0 Å². The molecule has 0 saturated heterocycles. The van der Waals surface area contributed by atoms with E-state index in [2.05, 4.69) is 4.74 Å². The third-order valence-electron chi connectivity index (χ3n) is 2.13. The first-order chi connectivity index (χ1) is 6.59. The summed E-state index contributed by atoms with van der Waals surface area (Å²) >= 11 is 5.41. The molecule has 0 aromatic carbocycles. The molecule has 0 aromatic rings. The Morgan fingerprint density at radius 1 is 1.50 bits per heavy atom. The summed E-state index contributed by atoms with van der Waals surface area (Å²) in [5.74, 6) is 0. The molecule has 1 aliphatic rings. The number of hydrogen-bond donors (Lipinski definition) is 0. The van der Waals surface area contributed by atoms with Crippen molar-refractivity contribution < 1.29 is 18.7 Å². The fourth-order valence-corrected chi connectivity index (χ4v) is 1.54. The lowest BCUT2D eigenvalue weighted by Crippen LogP contribution is -2.32. The Morgan fingerprint density at radius 3 is 2.71 bits per heavy atom. The average molecular weight is 225 g/mol. The van der Waals surface area contributed by atoms with Crippen LogP contribution in [0.15, 0.2) is 0 Å². The van der Waals surface area contributed by atoms with Gasteiger partial charge in [-0.1, -0.05) is 18.0 Å². The third-order valence-corrected chi connectivity index (χ3v) is 2.22. The summed E-state index contributed by atoms with van der Waals surface area (Å²) in [6.07, 6.45) is 0.133. The molecule has 0 amide bonds. The van der Waals surface area contributed by atoms with Gasteiger partial charge in [0.1, 0.15) is 12.3 Å². The van der Waals surface area contributed by atoms with Gasteiger partial charge in [-0.3, -0.25) is 0 Å². The van der Waals surface area contributed by atoms with Crippen LogP contribution in [0.4, 0.5) is 9.18 Å². The summed E-state index contributed by atoms with van der Waals surface area (Å²) < 4.78 is 22.5. The number of alkyl halides is 2. The Kier molecular flexibility index (Phi) is 4.45. The van der Waals surface area contributed by atoms with Gasteiger partial charge in [-0.05, 0) is 26.2 Å². The minimum absolute atomic E-state index is 0.453. The number of carbonyl (C=O) groups is 1. The molecule has 1 saturated carbocycles. The molecular weight excluding hydrogens is 211 g/mol. The Morgan fingerprint density at radius 2 is 2.14 bits per heavy atom. The van der Waals surface area contributed by atoms with Crippen LogP contribution in [0.2, 0.25) is 0 Å². The predicted octanol–water partition coefficient (Wildman–Crippen LogP) is 3.01. The molecule has 3 atom stereocenters. The number of ether oxygens (including phenoxy) is 2. The second kappa shape index (κ2) is 5.39. The smallest absolute Gasteiger partial charge is 0.428 e. The van der Waals surface area contributed by atoms with Gasteiger partial charge >= 0.3 is 6.16 Å². The summed E-state index contributed by atoms with van der Waals surface area (Å²) in [5, 5.41) is 0. The minimum Gasteiger partial charge on any atom is -0.428 e. The Labute approximate surface area is 87.5 Å². The standard InChI is InChI=1S/C9H14ClFO3/c1-6(10)13-9(12)14-8-5-3-2-4-7(8)11/h6-8H,2-5H2,1H3. The minimum atomic E-state index is -1.07. The Balaban J connectivity index is 2.31. The van der Waals surface area contributed by atoms with Gasteiger partial charge in [-0.2, -0.15) is 0 Å². The number of hydrogen-bond acceptors (Lipinski definition) is 3. The quantitative estimate of drug-likeness (QED) is 0.534. The van der Waals surface area contributed by atoms with E-state index in [1.807, 2.05) is 0 Å². The summed E-state index contributed by atoms with van der Waals surface area (Å²) in [6.45, 7) is 1.50. The topological polar surface area (TPSA) is 35.5 Å². The maximum Gasteiger partial charge on any atom is 0.510 e. The van der Waals surface area contributed by atoms with Crippen molar-refractivity contribution in [3.63, 3.8) is 0 Å². The SMILES string of the molecule is CC(Cl)OC(=O)OC1CCCCC1F. The highest BCUT2D eigenvalue weighted by Crippen LogP contribution is 2.24. The molecule has 0 bridgehead atoms. The van der Waals surface area contributed by atoms with Crippen molar-refractivity contribution in [3.05, 3.63) is 0 Å². The summed E-state index contributed by atoms with van der Waals surface area (Å²) in [6, 6.07) is 0. The van der Waals surface area contributed by atoms with Crippen molar-refractivity contribution in [2.45, 2.75) is 50.4 Å². The molecule has 14 heavy (non-hydrogen) atoms. The summed E-state index contributed by atoms with van der Waals surface area (Å²) in [4.78, 5) is 11.0. The van der Waals surface area contributed by atoms with Crippen LogP contribution in [-0.2, 0) is 9.47 Å². The molecule has 82 valence electrons. The van der Waals surface area contributed by atoms with Crippen molar-refractivity contribution in [1.29, 1.82) is 0 Å². The maximum absolute atomic E-state index is 13.2.